The van der Waals surface area contributed by atoms with Gasteiger partial charge in [-0.05, 0) is 80.1 Å². The number of benzene rings is 2. The van der Waals surface area contributed by atoms with Gasteiger partial charge < -0.3 is 20.4 Å². The van der Waals surface area contributed by atoms with Gasteiger partial charge in [0.25, 0.3) is 11.8 Å². The minimum Gasteiger partial charge on any atom is -0.465 e. The van der Waals surface area contributed by atoms with Gasteiger partial charge in [-0.3, -0.25) is 14.4 Å². The van der Waals surface area contributed by atoms with E-state index in [1.165, 1.54) is 40.3 Å². The lowest BCUT2D eigenvalue weighted by Crippen LogP contribution is -2.30. The number of hydrogen-bond acceptors (Lipinski definition) is 7. The van der Waals surface area contributed by atoms with Crippen LogP contribution in [0.5, 0.6) is 0 Å². The second-order valence-electron chi connectivity index (χ2n) is 10.3. The third-order valence-corrected chi connectivity index (χ3v) is 9.26. The summed E-state index contributed by atoms with van der Waals surface area (Å²) in [6.07, 6.45) is 5.78. The monoisotopic (exact) mass is 610 g/mol. The molecule has 4 aromatic rings. The fourth-order valence-electron chi connectivity index (χ4n) is 4.73. The summed E-state index contributed by atoms with van der Waals surface area (Å²) in [5, 5.41) is 18.4. The van der Waals surface area contributed by atoms with Crippen LogP contribution in [-0.4, -0.2) is 23.0 Å². The van der Waals surface area contributed by atoms with Crippen molar-refractivity contribution in [3.63, 3.8) is 0 Å². The van der Waals surface area contributed by atoms with Gasteiger partial charge in [-0.1, -0.05) is 31.2 Å². The van der Waals surface area contributed by atoms with Crippen LogP contribution in [0.15, 0.2) is 88.0 Å². The summed E-state index contributed by atoms with van der Waals surface area (Å²) < 4.78 is 5.36. The topological polar surface area (TPSA) is 124 Å². The van der Waals surface area contributed by atoms with E-state index >= 15 is 0 Å². The van der Waals surface area contributed by atoms with E-state index < -0.39 is 17.1 Å². The van der Waals surface area contributed by atoms with Gasteiger partial charge in [-0.25, -0.2) is 0 Å². The standard InChI is InChI=1S/C33H30N4O4S2/c1-20-13-14-26-27(19-34)33(43-29(26)16-20)37-30(38)21(2)42-25-12-6-10-23(17-25)35-32(40)28(18-24-11-7-15-41-24)36-31(39)22-8-4-3-5-9-22/h3-12,15,17-18,20-21H,13-14,16H2,1-2H3,(H,35,40)(H,36,39)(H,37,38)/b28-18-. The van der Waals surface area contributed by atoms with Gasteiger partial charge >= 0.3 is 0 Å². The van der Waals surface area contributed by atoms with Crippen LogP contribution in [0.4, 0.5) is 10.7 Å². The largest absolute Gasteiger partial charge is 0.465 e. The molecule has 10 heteroatoms. The van der Waals surface area contributed by atoms with Crippen molar-refractivity contribution in [2.75, 3.05) is 10.6 Å². The van der Waals surface area contributed by atoms with Crippen LogP contribution in [0.25, 0.3) is 6.08 Å². The molecule has 2 aromatic carbocycles. The summed E-state index contributed by atoms with van der Waals surface area (Å²) in [6, 6.07) is 21.4. The van der Waals surface area contributed by atoms with Crippen molar-refractivity contribution >= 4 is 57.6 Å². The molecule has 3 amide bonds. The van der Waals surface area contributed by atoms with Crippen molar-refractivity contribution in [1.29, 1.82) is 5.26 Å². The number of thiophene rings is 1. The van der Waals surface area contributed by atoms with Crippen molar-refractivity contribution in [3.05, 3.63) is 106 Å². The Bertz CT molecular complexity index is 1700. The van der Waals surface area contributed by atoms with E-state index in [1.807, 2.05) is 6.07 Å². The maximum Gasteiger partial charge on any atom is 0.272 e. The van der Waals surface area contributed by atoms with Crippen LogP contribution >= 0.6 is 23.1 Å². The van der Waals surface area contributed by atoms with Crippen LogP contribution in [0.1, 0.15) is 52.4 Å². The maximum atomic E-state index is 13.3. The second kappa shape index (κ2) is 13.6. The zero-order valence-electron chi connectivity index (χ0n) is 23.7. The van der Waals surface area contributed by atoms with Crippen molar-refractivity contribution in [3.8, 4) is 6.07 Å². The Balaban J connectivity index is 1.26. The SMILES string of the molecule is CC1CCc2c(sc(NC(=O)C(C)Sc3cccc(NC(=O)/C(=C/c4ccco4)NC(=O)c4ccccc4)c3)c2C#N)C1. The molecule has 218 valence electrons. The van der Waals surface area contributed by atoms with Gasteiger partial charge in [0.15, 0.2) is 0 Å². The summed E-state index contributed by atoms with van der Waals surface area (Å²) in [4.78, 5) is 41.2. The van der Waals surface area contributed by atoms with Gasteiger partial charge in [0.05, 0.1) is 17.1 Å². The quantitative estimate of drug-likeness (QED) is 0.140. The predicted octanol–water partition coefficient (Wildman–Crippen LogP) is 6.87. The highest BCUT2D eigenvalue weighted by molar-refractivity contribution is 8.00. The molecule has 3 N–H and O–H groups in total. The lowest BCUT2D eigenvalue weighted by molar-refractivity contribution is -0.115. The molecule has 5 rings (SSSR count). The zero-order valence-corrected chi connectivity index (χ0v) is 25.3. The Labute approximate surface area is 258 Å². The number of rotatable bonds is 9. The number of fused-ring (bicyclic) bond motifs is 1. The molecule has 2 unspecified atom stereocenters. The molecular formula is C33H30N4O4S2. The molecule has 43 heavy (non-hydrogen) atoms. The van der Waals surface area contributed by atoms with Crippen LogP contribution in [0.2, 0.25) is 0 Å². The fourth-order valence-corrected chi connectivity index (χ4v) is 7.02. The van der Waals surface area contributed by atoms with Gasteiger partial charge in [0, 0.05) is 27.1 Å². The highest BCUT2D eigenvalue weighted by Gasteiger charge is 2.26. The van der Waals surface area contributed by atoms with Gasteiger partial charge in [-0.2, -0.15) is 5.26 Å². The molecule has 2 heterocycles. The second-order valence-corrected chi connectivity index (χ2v) is 12.8. The first-order chi connectivity index (χ1) is 20.8. The molecule has 0 aliphatic heterocycles. The number of carbonyl (C=O) groups excluding carboxylic acids is 3. The average Bonchev–Trinajstić information content (AvgIpc) is 3.64. The number of carbonyl (C=O) groups is 3. The zero-order chi connectivity index (χ0) is 30.3. The Morgan fingerprint density at radius 1 is 1.09 bits per heavy atom. The Hall–Kier alpha value is -4.59. The van der Waals surface area contributed by atoms with E-state index in [9.17, 15) is 19.6 Å². The maximum absolute atomic E-state index is 13.3. The number of nitrogens with zero attached hydrogens (tertiary/aromatic N) is 1. The molecule has 1 aliphatic carbocycles. The van der Waals surface area contributed by atoms with E-state index in [2.05, 4.69) is 28.9 Å². The molecule has 0 radical (unpaired) electrons. The minimum absolute atomic E-state index is 0.0101. The minimum atomic E-state index is -0.534. The summed E-state index contributed by atoms with van der Waals surface area (Å²) >= 11 is 2.84. The van der Waals surface area contributed by atoms with Crippen LogP contribution in [0.3, 0.4) is 0 Å². The molecule has 0 bridgehead atoms. The van der Waals surface area contributed by atoms with E-state index in [-0.39, 0.29) is 11.6 Å². The highest BCUT2D eigenvalue weighted by Crippen LogP contribution is 2.39. The van der Waals surface area contributed by atoms with E-state index in [0.29, 0.717) is 33.5 Å². The summed E-state index contributed by atoms with van der Waals surface area (Å²) in [7, 11) is 0. The molecule has 0 fully saturated rings. The first kappa shape index (κ1) is 29.9. The predicted molar refractivity (Wildman–Crippen MR) is 170 cm³/mol. The average molecular weight is 611 g/mol. The Morgan fingerprint density at radius 3 is 2.65 bits per heavy atom. The molecule has 1 aliphatic rings. The number of hydrogen-bond donors (Lipinski definition) is 3. The molecule has 0 saturated carbocycles. The lowest BCUT2D eigenvalue weighted by Gasteiger charge is -2.17. The summed E-state index contributed by atoms with van der Waals surface area (Å²) in [5.74, 6) is -0.189. The highest BCUT2D eigenvalue weighted by atomic mass is 32.2. The number of nitriles is 1. The van der Waals surface area contributed by atoms with Crippen molar-refractivity contribution in [1.82, 2.24) is 5.32 Å². The van der Waals surface area contributed by atoms with Crippen molar-refractivity contribution < 1.29 is 18.8 Å². The van der Waals surface area contributed by atoms with E-state index in [0.717, 1.165) is 29.7 Å². The number of furan rings is 1. The molecule has 2 atom stereocenters. The fraction of sp³-hybridized carbons (Fsp3) is 0.212. The van der Waals surface area contributed by atoms with E-state index in [4.69, 9.17) is 4.42 Å². The van der Waals surface area contributed by atoms with Gasteiger partial charge in [-0.15, -0.1) is 23.1 Å². The lowest BCUT2D eigenvalue weighted by atomic mass is 9.89. The van der Waals surface area contributed by atoms with Crippen molar-refractivity contribution in [2.24, 2.45) is 5.92 Å². The third kappa shape index (κ3) is 7.44. The van der Waals surface area contributed by atoms with Crippen LogP contribution in [0, 0.1) is 17.2 Å². The van der Waals surface area contributed by atoms with Crippen molar-refractivity contribution in [2.45, 2.75) is 43.3 Å². The number of anilines is 2. The summed E-state index contributed by atoms with van der Waals surface area (Å²) in [6.45, 7) is 4.01. The Morgan fingerprint density at radius 2 is 1.91 bits per heavy atom. The van der Waals surface area contributed by atoms with E-state index in [1.54, 1.807) is 67.6 Å². The third-order valence-electron chi connectivity index (χ3n) is 6.99. The van der Waals surface area contributed by atoms with Gasteiger partial charge in [0.2, 0.25) is 5.91 Å². The Kier molecular flexibility index (Phi) is 9.45. The number of thioether (sulfide) groups is 1. The smallest absolute Gasteiger partial charge is 0.272 e. The normalized spacial score (nSPS) is 15.1. The van der Waals surface area contributed by atoms with Crippen LogP contribution < -0.4 is 16.0 Å². The molecule has 8 nitrogen and oxygen atoms in total. The molecular weight excluding hydrogens is 581 g/mol. The summed E-state index contributed by atoms with van der Waals surface area (Å²) in [5.41, 5.74) is 2.57. The molecule has 2 aromatic heterocycles. The first-order valence-corrected chi connectivity index (χ1v) is 15.6. The molecule has 0 spiro atoms. The van der Waals surface area contributed by atoms with Gasteiger partial charge in [0.1, 0.15) is 22.5 Å². The number of amides is 3. The van der Waals surface area contributed by atoms with Crippen LogP contribution in [-0.2, 0) is 22.4 Å². The first-order valence-electron chi connectivity index (χ1n) is 13.9. The number of nitrogens with one attached hydrogen (secondary N) is 3. The molecule has 0 saturated heterocycles.